The predicted molar refractivity (Wildman–Crippen MR) is 113 cm³/mol. The van der Waals surface area contributed by atoms with E-state index in [2.05, 4.69) is 5.32 Å². The average Bonchev–Trinajstić information content (AvgIpc) is 2.65. The maximum Gasteiger partial charge on any atom is 0.243 e. The number of thioether (sulfide) groups is 1. The Kier molecular flexibility index (Phi) is 7.51. The van der Waals surface area contributed by atoms with Gasteiger partial charge in [0.15, 0.2) is 0 Å². The molecule has 2 rings (SSSR count). The summed E-state index contributed by atoms with van der Waals surface area (Å²) in [6.07, 6.45) is 0. The number of rotatable bonds is 8. The van der Waals surface area contributed by atoms with Crippen LogP contribution in [0.1, 0.15) is 25.0 Å². The molecule has 0 saturated heterocycles. The van der Waals surface area contributed by atoms with Crippen molar-refractivity contribution < 1.29 is 18.3 Å². The predicted octanol–water partition coefficient (Wildman–Crippen LogP) is 3.77. The molecule has 6 nitrogen and oxygen atoms in total. The van der Waals surface area contributed by atoms with Gasteiger partial charge in [0.2, 0.25) is 15.9 Å². The van der Waals surface area contributed by atoms with Crippen molar-refractivity contribution in [1.82, 2.24) is 4.31 Å². The third kappa shape index (κ3) is 5.27. The van der Waals surface area contributed by atoms with Crippen LogP contribution in [0.15, 0.2) is 46.2 Å². The normalized spacial score (nSPS) is 11.6. The van der Waals surface area contributed by atoms with Crippen LogP contribution in [0.25, 0.3) is 0 Å². The number of amides is 1. The number of phenolic OH excluding ortho intramolecular Hbond substituents is 1. The lowest BCUT2D eigenvalue weighted by Crippen LogP contribution is -2.30. The van der Waals surface area contributed by atoms with E-state index in [0.717, 1.165) is 16.0 Å². The maximum absolute atomic E-state index is 12.7. The van der Waals surface area contributed by atoms with Crippen molar-refractivity contribution in [1.29, 1.82) is 0 Å². The van der Waals surface area contributed by atoms with Crippen LogP contribution in [0.3, 0.4) is 0 Å². The van der Waals surface area contributed by atoms with E-state index in [1.165, 1.54) is 34.3 Å². The van der Waals surface area contributed by atoms with E-state index >= 15 is 0 Å². The zero-order valence-electron chi connectivity index (χ0n) is 16.5. The SMILES string of the molecule is CCN(CC)S(=O)(=O)c1ccc(O)c(NC(=O)CSc2cc(C)ccc2C)c1. The number of carbonyl (C=O) groups is 1. The van der Waals surface area contributed by atoms with Crippen LogP contribution < -0.4 is 5.32 Å². The van der Waals surface area contributed by atoms with Gasteiger partial charge in [0.05, 0.1) is 16.3 Å². The van der Waals surface area contributed by atoms with E-state index < -0.39 is 10.0 Å². The first-order valence-electron chi connectivity index (χ1n) is 9.02. The topological polar surface area (TPSA) is 86.7 Å². The van der Waals surface area contributed by atoms with Gasteiger partial charge in [0, 0.05) is 18.0 Å². The number of phenols is 1. The van der Waals surface area contributed by atoms with Gasteiger partial charge in [-0.3, -0.25) is 4.79 Å². The third-order valence-electron chi connectivity index (χ3n) is 4.29. The van der Waals surface area contributed by atoms with Crippen LogP contribution in [-0.2, 0) is 14.8 Å². The minimum Gasteiger partial charge on any atom is -0.506 e. The van der Waals surface area contributed by atoms with Crippen LogP contribution in [-0.4, -0.2) is 42.6 Å². The van der Waals surface area contributed by atoms with Gasteiger partial charge in [-0.05, 0) is 43.7 Å². The summed E-state index contributed by atoms with van der Waals surface area (Å²) in [7, 11) is -3.68. The Morgan fingerprint density at radius 3 is 2.43 bits per heavy atom. The molecule has 0 atom stereocenters. The Bertz CT molecular complexity index is 955. The van der Waals surface area contributed by atoms with E-state index in [1.54, 1.807) is 13.8 Å². The monoisotopic (exact) mass is 422 g/mol. The van der Waals surface area contributed by atoms with E-state index in [0.29, 0.717) is 13.1 Å². The number of aryl methyl sites for hydroxylation is 2. The minimum absolute atomic E-state index is 0.0338. The molecule has 0 aliphatic rings. The number of hydrogen-bond acceptors (Lipinski definition) is 5. The van der Waals surface area contributed by atoms with Gasteiger partial charge in [-0.25, -0.2) is 8.42 Å². The zero-order chi connectivity index (χ0) is 20.9. The van der Waals surface area contributed by atoms with Gasteiger partial charge in [0.25, 0.3) is 0 Å². The average molecular weight is 423 g/mol. The first-order valence-corrected chi connectivity index (χ1v) is 11.4. The smallest absolute Gasteiger partial charge is 0.243 e. The quantitative estimate of drug-likeness (QED) is 0.499. The highest BCUT2D eigenvalue weighted by atomic mass is 32.2. The van der Waals surface area contributed by atoms with Crippen molar-refractivity contribution in [2.75, 3.05) is 24.2 Å². The van der Waals surface area contributed by atoms with Crippen molar-refractivity contribution in [2.45, 2.75) is 37.5 Å². The molecule has 152 valence electrons. The molecular formula is C20H26N2O4S2. The van der Waals surface area contributed by atoms with Crippen molar-refractivity contribution in [2.24, 2.45) is 0 Å². The summed E-state index contributed by atoms with van der Waals surface area (Å²) in [4.78, 5) is 13.4. The molecule has 0 aliphatic carbocycles. The number of anilines is 1. The lowest BCUT2D eigenvalue weighted by Gasteiger charge is -2.19. The van der Waals surface area contributed by atoms with Crippen LogP contribution >= 0.6 is 11.8 Å². The summed E-state index contributed by atoms with van der Waals surface area (Å²) < 4.78 is 26.6. The fourth-order valence-corrected chi connectivity index (χ4v) is 5.09. The molecule has 8 heteroatoms. The van der Waals surface area contributed by atoms with Gasteiger partial charge in [-0.1, -0.05) is 31.5 Å². The van der Waals surface area contributed by atoms with Gasteiger partial charge in [-0.2, -0.15) is 4.31 Å². The molecule has 2 aromatic carbocycles. The molecule has 0 saturated carbocycles. The van der Waals surface area contributed by atoms with Crippen molar-refractivity contribution in [3.63, 3.8) is 0 Å². The van der Waals surface area contributed by atoms with Gasteiger partial charge in [0.1, 0.15) is 5.75 Å². The molecule has 2 N–H and O–H groups in total. The second kappa shape index (κ2) is 9.45. The number of aromatic hydroxyl groups is 1. The molecule has 1 amide bonds. The Labute approximate surface area is 171 Å². The molecular weight excluding hydrogens is 396 g/mol. The lowest BCUT2D eigenvalue weighted by molar-refractivity contribution is -0.113. The minimum atomic E-state index is -3.68. The summed E-state index contributed by atoms with van der Waals surface area (Å²) in [6.45, 7) is 8.17. The van der Waals surface area contributed by atoms with Gasteiger partial charge < -0.3 is 10.4 Å². The second-order valence-electron chi connectivity index (χ2n) is 6.37. The Morgan fingerprint density at radius 2 is 1.79 bits per heavy atom. The molecule has 0 aliphatic heterocycles. The fourth-order valence-electron chi connectivity index (χ4n) is 2.68. The number of carbonyl (C=O) groups excluding carboxylic acids is 1. The maximum atomic E-state index is 12.7. The van der Waals surface area contributed by atoms with Crippen molar-refractivity contribution in [3.05, 3.63) is 47.5 Å². The summed E-state index contributed by atoms with van der Waals surface area (Å²) in [5, 5.41) is 12.6. The van der Waals surface area contributed by atoms with E-state index in [1.807, 2.05) is 32.0 Å². The van der Waals surface area contributed by atoms with Crippen LogP contribution in [0, 0.1) is 13.8 Å². The van der Waals surface area contributed by atoms with Crippen LogP contribution in [0.4, 0.5) is 5.69 Å². The highest BCUT2D eigenvalue weighted by Crippen LogP contribution is 2.29. The van der Waals surface area contributed by atoms with E-state index in [-0.39, 0.29) is 28.0 Å². The molecule has 0 unspecified atom stereocenters. The highest BCUT2D eigenvalue weighted by Gasteiger charge is 2.23. The Hall–Kier alpha value is -2.03. The van der Waals surface area contributed by atoms with Gasteiger partial charge in [-0.15, -0.1) is 11.8 Å². The van der Waals surface area contributed by atoms with Crippen molar-refractivity contribution >= 4 is 33.4 Å². The van der Waals surface area contributed by atoms with E-state index in [9.17, 15) is 18.3 Å². The zero-order valence-corrected chi connectivity index (χ0v) is 18.2. The lowest BCUT2D eigenvalue weighted by atomic mass is 10.2. The molecule has 28 heavy (non-hydrogen) atoms. The molecule has 2 aromatic rings. The third-order valence-corrected chi connectivity index (χ3v) is 7.49. The summed E-state index contributed by atoms with van der Waals surface area (Å²) in [6, 6.07) is 9.95. The number of hydrogen-bond donors (Lipinski definition) is 2. The van der Waals surface area contributed by atoms with Crippen molar-refractivity contribution in [3.8, 4) is 5.75 Å². The van der Waals surface area contributed by atoms with E-state index in [4.69, 9.17) is 0 Å². The Balaban J connectivity index is 2.15. The first-order chi connectivity index (χ1) is 13.2. The van der Waals surface area contributed by atoms with Crippen LogP contribution in [0.5, 0.6) is 5.75 Å². The number of nitrogens with one attached hydrogen (secondary N) is 1. The molecule has 0 aromatic heterocycles. The van der Waals surface area contributed by atoms with Crippen LogP contribution in [0.2, 0.25) is 0 Å². The summed E-state index contributed by atoms with van der Waals surface area (Å²) in [5.41, 5.74) is 2.28. The molecule has 0 fully saturated rings. The molecule has 0 radical (unpaired) electrons. The second-order valence-corrected chi connectivity index (χ2v) is 9.33. The summed E-state index contributed by atoms with van der Waals surface area (Å²) in [5.74, 6) is -0.348. The fraction of sp³-hybridized carbons (Fsp3) is 0.350. The highest BCUT2D eigenvalue weighted by molar-refractivity contribution is 8.00. The molecule has 0 heterocycles. The van der Waals surface area contributed by atoms with Gasteiger partial charge >= 0.3 is 0 Å². The Morgan fingerprint density at radius 1 is 1.11 bits per heavy atom. The summed E-state index contributed by atoms with van der Waals surface area (Å²) >= 11 is 1.40. The number of benzene rings is 2. The number of nitrogens with zero attached hydrogens (tertiary/aromatic N) is 1. The molecule has 0 bridgehead atoms. The number of sulfonamides is 1. The first kappa shape index (κ1) is 22.3. The molecule has 0 spiro atoms. The standard InChI is InChI=1S/C20H26N2O4S2/c1-5-22(6-2)28(25,26)16-9-10-18(23)17(12-16)21-20(24)13-27-19-11-14(3)7-8-15(19)4/h7-12,23H,5-6,13H2,1-4H3,(H,21,24). The largest absolute Gasteiger partial charge is 0.506 e.